The molecule has 0 bridgehead atoms. The second-order valence-electron chi connectivity index (χ2n) is 7.11. The topological polar surface area (TPSA) is 69.3 Å². The van der Waals surface area contributed by atoms with Gasteiger partial charge in [0, 0.05) is 38.8 Å². The summed E-state index contributed by atoms with van der Waals surface area (Å²) in [5.41, 5.74) is 1.79. The normalized spacial score (nSPS) is 20.4. The van der Waals surface area contributed by atoms with Crippen molar-refractivity contribution in [3.8, 4) is 17.2 Å². The molecule has 2 aromatic carbocycles. The van der Waals surface area contributed by atoms with Crippen LogP contribution in [0.3, 0.4) is 0 Å². The second-order valence-corrected chi connectivity index (χ2v) is 7.11. The minimum atomic E-state index is -0.597. The number of hydrogen-bond donors (Lipinski definition) is 1. The van der Waals surface area contributed by atoms with Crippen molar-refractivity contribution in [2.24, 2.45) is 0 Å². The lowest BCUT2D eigenvalue weighted by atomic mass is 9.88. The number of carbonyl (C=O) groups excluding carboxylic acids is 1. The number of urea groups is 1. The number of hydrogen-bond acceptors (Lipinski definition) is 5. The van der Waals surface area contributed by atoms with Crippen LogP contribution in [-0.2, 0) is 9.57 Å². The van der Waals surface area contributed by atoms with Gasteiger partial charge in [0.05, 0.1) is 7.11 Å². The lowest BCUT2D eigenvalue weighted by molar-refractivity contribution is -0.180. The van der Waals surface area contributed by atoms with E-state index in [1.165, 1.54) is 14.2 Å². The molecule has 0 fully saturated rings. The fourth-order valence-corrected chi connectivity index (χ4v) is 3.41. The maximum absolute atomic E-state index is 11.8. The first-order chi connectivity index (χ1) is 13.9. The van der Waals surface area contributed by atoms with E-state index in [0.29, 0.717) is 23.1 Å². The van der Waals surface area contributed by atoms with Gasteiger partial charge < -0.3 is 19.5 Å². The molecule has 2 aromatic rings. The van der Waals surface area contributed by atoms with Gasteiger partial charge in [-0.3, -0.25) is 4.84 Å². The summed E-state index contributed by atoms with van der Waals surface area (Å²) in [6.07, 6.45) is 1.59. The number of rotatable bonds is 6. The summed E-state index contributed by atoms with van der Waals surface area (Å²) in [6, 6.07) is 12.6. The number of nitrogens with zero attached hydrogens (tertiary/aromatic N) is 1. The molecule has 1 N–H and O–H groups in total. The molecule has 0 saturated carbocycles. The molecule has 0 spiro atoms. The summed E-state index contributed by atoms with van der Waals surface area (Å²) >= 11 is 0. The third-order valence-corrected chi connectivity index (χ3v) is 5.24. The third kappa shape index (κ3) is 4.63. The first-order valence-electron chi connectivity index (χ1n) is 9.64. The fraction of sp³-hybridized carbons (Fsp3) is 0.409. The minimum Gasteiger partial charge on any atom is -0.462 e. The number of benzene rings is 2. The van der Waals surface area contributed by atoms with Crippen LogP contribution < -0.4 is 14.8 Å². The summed E-state index contributed by atoms with van der Waals surface area (Å²) in [5.74, 6) is 1.85. The highest BCUT2D eigenvalue weighted by Crippen LogP contribution is 2.44. The SMILES string of the molecule is CCC1(OC)CC(C)c2ccc(Oc3ccc(NC(=O)N(C)OC)cc3)cc2O1. The standard InChI is InChI=1S/C22H28N2O5/c1-6-22(26-4)14-15(2)19-12-11-18(13-20(19)29-22)28-17-9-7-16(8-10-17)23-21(25)24(3)27-5/h7-13,15H,6,14H2,1-5H3,(H,23,25). The van der Waals surface area contributed by atoms with Crippen molar-refractivity contribution in [3.63, 3.8) is 0 Å². The second kappa shape index (κ2) is 8.71. The van der Waals surface area contributed by atoms with Gasteiger partial charge in [0.2, 0.25) is 5.79 Å². The molecule has 0 radical (unpaired) electrons. The lowest BCUT2D eigenvalue weighted by Crippen LogP contribution is -2.41. The van der Waals surface area contributed by atoms with Gasteiger partial charge in [-0.25, -0.2) is 9.86 Å². The number of methoxy groups -OCH3 is 1. The summed E-state index contributed by atoms with van der Waals surface area (Å²) in [6.45, 7) is 4.24. The van der Waals surface area contributed by atoms with Gasteiger partial charge in [-0.05, 0) is 41.8 Å². The smallest absolute Gasteiger partial charge is 0.345 e. The fourth-order valence-electron chi connectivity index (χ4n) is 3.41. The zero-order valence-corrected chi connectivity index (χ0v) is 17.5. The van der Waals surface area contributed by atoms with Crippen LogP contribution in [0.4, 0.5) is 10.5 Å². The van der Waals surface area contributed by atoms with E-state index < -0.39 is 5.79 Å². The molecule has 7 nitrogen and oxygen atoms in total. The number of carbonyl (C=O) groups is 1. The highest BCUT2D eigenvalue weighted by Gasteiger charge is 2.38. The average Bonchev–Trinajstić information content (AvgIpc) is 2.74. The van der Waals surface area contributed by atoms with Gasteiger partial charge in [-0.1, -0.05) is 19.9 Å². The zero-order chi connectivity index (χ0) is 21.0. The zero-order valence-electron chi connectivity index (χ0n) is 17.5. The molecule has 0 aromatic heterocycles. The predicted molar refractivity (Wildman–Crippen MR) is 110 cm³/mol. The van der Waals surface area contributed by atoms with Gasteiger partial charge in [0.25, 0.3) is 0 Å². The third-order valence-electron chi connectivity index (χ3n) is 5.24. The first-order valence-corrected chi connectivity index (χ1v) is 9.64. The molecule has 2 amide bonds. The molecule has 0 aliphatic carbocycles. The van der Waals surface area contributed by atoms with Gasteiger partial charge in [0.15, 0.2) is 0 Å². The lowest BCUT2D eigenvalue weighted by Gasteiger charge is -2.39. The van der Waals surface area contributed by atoms with Crippen molar-refractivity contribution in [2.45, 2.75) is 38.4 Å². The Kier molecular flexibility index (Phi) is 6.30. The minimum absolute atomic E-state index is 0.334. The summed E-state index contributed by atoms with van der Waals surface area (Å²) in [5, 5.41) is 3.83. The Morgan fingerprint density at radius 3 is 2.52 bits per heavy atom. The average molecular weight is 400 g/mol. The Balaban J connectivity index is 1.72. The maximum Gasteiger partial charge on any atom is 0.345 e. The summed E-state index contributed by atoms with van der Waals surface area (Å²) < 4.78 is 17.8. The Morgan fingerprint density at radius 1 is 1.21 bits per heavy atom. The van der Waals surface area contributed by atoms with Crippen LogP contribution in [0.15, 0.2) is 42.5 Å². The molecule has 2 unspecified atom stereocenters. The molecule has 3 rings (SSSR count). The van der Waals surface area contributed by atoms with Crippen molar-refractivity contribution in [3.05, 3.63) is 48.0 Å². The highest BCUT2D eigenvalue weighted by atomic mass is 16.7. The van der Waals surface area contributed by atoms with Crippen molar-refractivity contribution >= 4 is 11.7 Å². The summed E-state index contributed by atoms with van der Waals surface area (Å²) in [7, 11) is 4.64. The van der Waals surface area contributed by atoms with E-state index in [9.17, 15) is 4.79 Å². The number of fused-ring (bicyclic) bond motifs is 1. The molecule has 1 aliphatic heterocycles. The van der Waals surface area contributed by atoms with E-state index in [1.807, 2.05) is 18.2 Å². The number of amides is 2. The molecule has 7 heteroatoms. The van der Waals surface area contributed by atoms with Crippen molar-refractivity contribution < 1.29 is 23.8 Å². The van der Waals surface area contributed by atoms with Crippen LogP contribution in [0.2, 0.25) is 0 Å². The molecular formula is C22H28N2O5. The molecule has 29 heavy (non-hydrogen) atoms. The summed E-state index contributed by atoms with van der Waals surface area (Å²) in [4.78, 5) is 16.7. The van der Waals surface area contributed by atoms with Crippen LogP contribution >= 0.6 is 0 Å². The number of nitrogens with one attached hydrogen (secondary N) is 1. The largest absolute Gasteiger partial charge is 0.462 e. The van der Waals surface area contributed by atoms with Gasteiger partial charge >= 0.3 is 6.03 Å². The van der Waals surface area contributed by atoms with E-state index in [2.05, 4.69) is 19.2 Å². The Morgan fingerprint density at radius 2 is 1.90 bits per heavy atom. The Hall–Kier alpha value is -2.77. The van der Waals surface area contributed by atoms with E-state index in [1.54, 1.807) is 31.4 Å². The van der Waals surface area contributed by atoms with E-state index in [0.717, 1.165) is 29.2 Å². The van der Waals surface area contributed by atoms with Crippen molar-refractivity contribution in [2.75, 3.05) is 26.6 Å². The molecule has 1 aliphatic rings. The van der Waals surface area contributed by atoms with Crippen LogP contribution in [-0.4, -0.2) is 38.1 Å². The van der Waals surface area contributed by atoms with E-state index >= 15 is 0 Å². The molecule has 2 atom stereocenters. The van der Waals surface area contributed by atoms with Crippen molar-refractivity contribution in [1.82, 2.24) is 5.06 Å². The van der Waals surface area contributed by atoms with Crippen molar-refractivity contribution in [1.29, 1.82) is 0 Å². The monoisotopic (exact) mass is 400 g/mol. The molecule has 0 saturated heterocycles. The van der Waals surface area contributed by atoms with Gasteiger partial charge in [-0.15, -0.1) is 0 Å². The molecule has 156 valence electrons. The van der Waals surface area contributed by atoms with Crippen LogP contribution in [0, 0.1) is 0 Å². The quantitative estimate of drug-likeness (QED) is 0.680. The number of anilines is 1. The Labute approximate surface area is 171 Å². The van der Waals surface area contributed by atoms with Crippen LogP contribution in [0.1, 0.15) is 38.2 Å². The van der Waals surface area contributed by atoms with Gasteiger partial charge in [0.1, 0.15) is 17.2 Å². The Bertz CT molecular complexity index is 849. The highest BCUT2D eigenvalue weighted by molar-refractivity contribution is 5.88. The molecule has 1 heterocycles. The van der Waals surface area contributed by atoms with Crippen LogP contribution in [0.5, 0.6) is 17.2 Å². The van der Waals surface area contributed by atoms with Gasteiger partial charge in [-0.2, -0.15) is 0 Å². The number of hydroxylamine groups is 2. The van der Waals surface area contributed by atoms with E-state index in [4.69, 9.17) is 19.0 Å². The number of ether oxygens (including phenoxy) is 3. The van der Waals surface area contributed by atoms with E-state index in [-0.39, 0.29) is 6.03 Å². The molecular weight excluding hydrogens is 372 g/mol. The maximum atomic E-state index is 11.8. The van der Waals surface area contributed by atoms with Crippen LogP contribution in [0.25, 0.3) is 0 Å². The predicted octanol–water partition coefficient (Wildman–Crippen LogP) is 5.14. The first kappa shape index (κ1) is 21.0.